The van der Waals surface area contributed by atoms with E-state index in [4.69, 9.17) is 0 Å². The summed E-state index contributed by atoms with van der Waals surface area (Å²) in [5.74, 6) is 5.64. The SMILES string of the molecule is O=C(Nc1cccc(C#Cc2ccccn2)c1)c1cccc(S(=O)(=O)N2CCCCC2)c1. The predicted octanol–water partition coefficient (Wildman–Crippen LogP) is 3.91. The van der Waals surface area contributed by atoms with Gasteiger partial charge in [0.15, 0.2) is 0 Å². The van der Waals surface area contributed by atoms with Gasteiger partial charge >= 0.3 is 0 Å². The van der Waals surface area contributed by atoms with Gasteiger partial charge in [0, 0.05) is 36.1 Å². The van der Waals surface area contributed by atoms with Crippen molar-refractivity contribution in [3.8, 4) is 11.8 Å². The minimum atomic E-state index is -3.60. The van der Waals surface area contributed by atoms with E-state index in [1.165, 1.54) is 16.4 Å². The molecule has 0 atom stereocenters. The van der Waals surface area contributed by atoms with Crippen molar-refractivity contribution in [1.82, 2.24) is 9.29 Å². The summed E-state index contributed by atoms with van der Waals surface area (Å²) < 4.78 is 27.4. The molecule has 1 amide bonds. The molecule has 1 N–H and O–H groups in total. The quantitative estimate of drug-likeness (QED) is 0.618. The maximum atomic E-state index is 12.9. The molecule has 0 spiro atoms. The van der Waals surface area contributed by atoms with Gasteiger partial charge in [0.05, 0.1) is 4.90 Å². The molecule has 0 saturated carbocycles. The Morgan fingerprint density at radius 3 is 2.50 bits per heavy atom. The number of sulfonamides is 1. The lowest BCUT2D eigenvalue weighted by Crippen LogP contribution is -2.35. The largest absolute Gasteiger partial charge is 0.322 e. The van der Waals surface area contributed by atoms with Crippen LogP contribution in [0.3, 0.4) is 0 Å². The zero-order valence-electron chi connectivity index (χ0n) is 17.5. The Kier molecular flexibility index (Phi) is 6.64. The fraction of sp³-hybridized carbons (Fsp3) is 0.200. The maximum Gasteiger partial charge on any atom is 0.255 e. The third-order valence-corrected chi connectivity index (χ3v) is 7.06. The number of piperidine rings is 1. The molecular formula is C25H23N3O3S. The van der Waals surface area contributed by atoms with Crippen molar-refractivity contribution in [2.24, 2.45) is 0 Å². The number of benzene rings is 2. The Hall–Kier alpha value is -3.47. The first kappa shape index (κ1) is 21.8. The average molecular weight is 446 g/mol. The number of carbonyl (C=O) groups excluding carboxylic acids is 1. The normalized spacial score (nSPS) is 14.2. The molecule has 1 saturated heterocycles. The van der Waals surface area contributed by atoms with Crippen molar-refractivity contribution < 1.29 is 13.2 Å². The molecule has 3 aromatic rings. The zero-order valence-corrected chi connectivity index (χ0v) is 18.3. The Balaban J connectivity index is 1.50. The van der Waals surface area contributed by atoms with Gasteiger partial charge < -0.3 is 5.32 Å². The van der Waals surface area contributed by atoms with Crippen LogP contribution in [0, 0.1) is 11.8 Å². The summed E-state index contributed by atoms with van der Waals surface area (Å²) in [6.45, 7) is 1.04. The van der Waals surface area contributed by atoms with E-state index in [2.05, 4.69) is 22.1 Å². The van der Waals surface area contributed by atoms with Crippen LogP contribution >= 0.6 is 0 Å². The summed E-state index contributed by atoms with van der Waals surface area (Å²) in [6, 6.07) is 18.9. The van der Waals surface area contributed by atoms with E-state index >= 15 is 0 Å². The molecule has 2 heterocycles. The third-order valence-electron chi connectivity index (χ3n) is 5.17. The van der Waals surface area contributed by atoms with E-state index in [0.717, 1.165) is 24.8 Å². The molecular weight excluding hydrogens is 422 g/mol. The minimum Gasteiger partial charge on any atom is -0.322 e. The molecule has 0 aliphatic carbocycles. The zero-order chi connectivity index (χ0) is 22.4. The van der Waals surface area contributed by atoms with Gasteiger partial charge in [-0.1, -0.05) is 30.5 Å². The van der Waals surface area contributed by atoms with Gasteiger partial charge in [0.2, 0.25) is 10.0 Å². The first-order valence-electron chi connectivity index (χ1n) is 10.5. The lowest BCUT2D eigenvalue weighted by molar-refractivity contribution is 0.102. The highest BCUT2D eigenvalue weighted by Crippen LogP contribution is 2.22. The van der Waals surface area contributed by atoms with Crippen LogP contribution in [0.4, 0.5) is 5.69 Å². The Bertz CT molecular complexity index is 1270. The van der Waals surface area contributed by atoms with Gasteiger partial charge in [-0.2, -0.15) is 4.31 Å². The summed E-state index contributed by atoms with van der Waals surface area (Å²) in [4.78, 5) is 17.1. The van der Waals surface area contributed by atoms with Crippen LogP contribution < -0.4 is 5.32 Å². The summed E-state index contributed by atoms with van der Waals surface area (Å²) in [7, 11) is -3.60. The fourth-order valence-corrected chi connectivity index (χ4v) is 5.07. The molecule has 162 valence electrons. The molecule has 4 rings (SSSR count). The number of rotatable bonds is 4. The van der Waals surface area contributed by atoms with Gasteiger partial charge in [0.25, 0.3) is 5.91 Å². The molecule has 1 aliphatic heterocycles. The van der Waals surface area contributed by atoms with Crippen LogP contribution in [-0.2, 0) is 10.0 Å². The third kappa shape index (κ3) is 5.22. The molecule has 0 unspecified atom stereocenters. The van der Waals surface area contributed by atoms with Crippen LogP contribution in [0.2, 0.25) is 0 Å². The van der Waals surface area contributed by atoms with Gasteiger partial charge in [-0.05, 0) is 67.3 Å². The van der Waals surface area contributed by atoms with Crippen molar-refractivity contribution >= 4 is 21.6 Å². The van der Waals surface area contributed by atoms with Crippen molar-refractivity contribution in [2.45, 2.75) is 24.2 Å². The van der Waals surface area contributed by atoms with E-state index in [1.54, 1.807) is 36.5 Å². The Labute approximate surface area is 188 Å². The second kappa shape index (κ2) is 9.77. The molecule has 1 aromatic heterocycles. The van der Waals surface area contributed by atoms with Crippen molar-refractivity contribution in [1.29, 1.82) is 0 Å². The molecule has 2 aromatic carbocycles. The molecule has 6 nitrogen and oxygen atoms in total. The maximum absolute atomic E-state index is 12.9. The van der Waals surface area contributed by atoms with E-state index in [1.807, 2.05) is 24.3 Å². The molecule has 7 heteroatoms. The van der Waals surface area contributed by atoms with E-state index in [-0.39, 0.29) is 16.4 Å². The smallest absolute Gasteiger partial charge is 0.255 e. The van der Waals surface area contributed by atoms with Crippen LogP contribution in [0.25, 0.3) is 0 Å². The van der Waals surface area contributed by atoms with Crippen molar-refractivity contribution in [2.75, 3.05) is 18.4 Å². The summed E-state index contributed by atoms with van der Waals surface area (Å²) in [5.41, 5.74) is 2.25. The van der Waals surface area contributed by atoms with Crippen LogP contribution in [-0.4, -0.2) is 36.7 Å². The molecule has 1 fully saturated rings. The number of carbonyl (C=O) groups is 1. The van der Waals surface area contributed by atoms with Gasteiger partial charge in [0.1, 0.15) is 5.69 Å². The van der Waals surface area contributed by atoms with Crippen LogP contribution in [0.5, 0.6) is 0 Å². The highest BCUT2D eigenvalue weighted by Gasteiger charge is 2.26. The van der Waals surface area contributed by atoms with E-state index in [0.29, 0.717) is 24.5 Å². The van der Waals surface area contributed by atoms with E-state index in [9.17, 15) is 13.2 Å². The van der Waals surface area contributed by atoms with Crippen LogP contribution in [0.1, 0.15) is 40.9 Å². The number of pyridine rings is 1. The first-order chi connectivity index (χ1) is 15.5. The van der Waals surface area contributed by atoms with Gasteiger partial charge in [-0.3, -0.25) is 4.79 Å². The molecule has 0 bridgehead atoms. The highest BCUT2D eigenvalue weighted by atomic mass is 32.2. The van der Waals surface area contributed by atoms with Gasteiger partial charge in [-0.15, -0.1) is 0 Å². The number of nitrogens with zero attached hydrogens (tertiary/aromatic N) is 2. The lowest BCUT2D eigenvalue weighted by atomic mass is 10.1. The van der Waals surface area contributed by atoms with Crippen LogP contribution in [0.15, 0.2) is 77.8 Å². The van der Waals surface area contributed by atoms with E-state index < -0.39 is 10.0 Å². The highest BCUT2D eigenvalue weighted by molar-refractivity contribution is 7.89. The van der Waals surface area contributed by atoms with Gasteiger partial charge in [-0.25, -0.2) is 13.4 Å². The van der Waals surface area contributed by atoms with Crippen molar-refractivity contribution in [3.63, 3.8) is 0 Å². The van der Waals surface area contributed by atoms with Crippen molar-refractivity contribution in [3.05, 3.63) is 89.7 Å². The number of amides is 1. The summed E-state index contributed by atoms with van der Waals surface area (Å²) in [6.07, 6.45) is 4.44. The second-order valence-corrected chi connectivity index (χ2v) is 9.43. The monoisotopic (exact) mass is 445 g/mol. The topological polar surface area (TPSA) is 79.4 Å². The average Bonchev–Trinajstić information content (AvgIpc) is 2.84. The minimum absolute atomic E-state index is 0.141. The molecule has 0 radical (unpaired) electrons. The molecule has 32 heavy (non-hydrogen) atoms. The second-order valence-electron chi connectivity index (χ2n) is 7.49. The number of anilines is 1. The fourth-order valence-electron chi connectivity index (χ4n) is 3.50. The lowest BCUT2D eigenvalue weighted by Gasteiger charge is -2.26. The summed E-state index contributed by atoms with van der Waals surface area (Å²) >= 11 is 0. The summed E-state index contributed by atoms with van der Waals surface area (Å²) in [5, 5.41) is 2.82. The number of nitrogens with one attached hydrogen (secondary N) is 1. The Morgan fingerprint density at radius 1 is 0.906 bits per heavy atom. The number of aromatic nitrogens is 1. The number of hydrogen-bond donors (Lipinski definition) is 1. The standard InChI is InChI=1S/C25H23N3O3S/c29-25(21-9-7-12-24(19-21)32(30,31)28-16-4-1-5-17-28)27-23-11-6-8-20(18-23)13-14-22-10-2-3-15-26-22/h2-3,6-12,15,18-19H,1,4-5,16-17H2,(H,27,29). The molecule has 1 aliphatic rings. The predicted molar refractivity (Wildman–Crippen MR) is 124 cm³/mol. The Morgan fingerprint density at radius 2 is 1.72 bits per heavy atom. The first-order valence-corrected chi connectivity index (χ1v) is 11.9. The number of hydrogen-bond acceptors (Lipinski definition) is 4.